The summed E-state index contributed by atoms with van der Waals surface area (Å²) in [5, 5.41) is 4.81. The average Bonchev–Trinajstić information content (AvgIpc) is 3.44. The number of furan rings is 1. The Labute approximate surface area is 191 Å². The highest BCUT2D eigenvalue weighted by atomic mass is 35.5. The monoisotopic (exact) mass is 456 g/mol. The molecule has 1 unspecified atom stereocenters. The molecule has 1 atom stereocenters. The molecule has 162 valence electrons. The van der Waals surface area contributed by atoms with Crippen LogP contribution in [0.2, 0.25) is 5.02 Å². The van der Waals surface area contributed by atoms with Crippen molar-refractivity contribution in [3.63, 3.8) is 0 Å². The number of benzene rings is 1. The molecule has 1 aromatic carbocycles. The summed E-state index contributed by atoms with van der Waals surface area (Å²) < 4.78 is 11.0. The number of amides is 1. The van der Waals surface area contributed by atoms with Crippen LogP contribution in [0.25, 0.3) is 0 Å². The van der Waals surface area contributed by atoms with E-state index in [0.717, 1.165) is 41.5 Å². The zero-order valence-corrected chi connectivity index (χ0v) is 18.8. The third-order valence-electron chi connectivity index (χ3n) is 6.03. The summed E-state index contributed by atoms with van der Waals surface area (Å²) in [4.78, 5) is 16.7. The number of halogens is 1. The van der Waals surface area contributed by atoms with Gasteiger partial charge in [0.25, 0.3) is 5.91 Å². The molecule has 0 bridgehead atoms. The number of aryl methyl sites for hydroxylation is 1. The molecular formula is C24H25ClN2O3S. The molecule has 0 saturated carbocycles. The van der Waals surface area contributed by atoms with Crippen LogP contribution in [0.15, 0.2) is 47.1 Å². The van der Waals surface area contributed by atoms with E-state index in [2.05, 4.69) is 16.3 Å². The Bertz CT molecular complexity index is 1060. The molecule has 1 aliphatic heterocycles. The zero-order chi connectivity index (χ0) is 21.2. The molecule has 3 heterocycles. The van der Waals surface area contributed by atoms with Gasteiger partial charge in [0.1, 0.15) is 5.00 Å². The van der Waals surface area contributed by atoms with Gasteiger partial charge in [-0.05, 0) is 61.1 Å². The number of carbonyl (C=O) groups is 1. The molecule has 2 aromatic heterocycles. The lowest BCUT2D eigenvalue weighted by Gasteiger charge is -2.36. The predicted octanol–water partition coefficient (Wildman–Crippen LogP) is 5.55. The van der Waals surface area contributed by atoms with Crippen LogP contribution in [-0.4, -0.2) is 37.1 Å². The smallest absolute Gasteiger partial charge is 0.291 e. The zero-order valence-electron chi connectivity index (χ0n) is 17.2. The summed E-state index contributed by atoms with van der Waals surface area (Å²) in [6.07, 6.45) is 6.00. The fraction of sp³-hybridized carbons (Fsp3) is 0.375. The van der Waals surface area contributed by atoms with Crippen LogP contribution >= 0.6 is 22.9 Å². The number of carbonyl (C=O) groups excluding carboxylic acids is 1. The summed E-state index contributed by atoms with van der Waals surface area (Å²) in [5.41, 5.74) is 3.75. The Morgan fingerprint density at radius 2 is 1.97 bits per heavy atom. The topological polar surface area (TPSA) is 54.7 Å². The summed E-state index contributed by atoms with van der Waals surface area (Å²) in [7, 11) is 0. The van der Waals surface area contributed by atoms with E-state index in [4.69, 9.17) is 20.8 Å². The average molecular weight is 457 g/mol. The Morgan fingerprint density at radius 3 is 2.74 bits per heavy atom. The summed E-state index contributed by atoms with van der Waals surface area (Å²) in [6.45, 7) is 3.09. The number of anilines is 1. The minimum absolute atomic E-state index is 0.0209. The number of ether oxygens (including phenoxy) is 1. The van der Waals surface area contributed by atoms with Gasteiger partial charge in [0.2, 0.25) is 0 Å². The molecule has 1 N–H and O–H groups in total. The highest BCUT2D eigenvalue weighted by Crippen LogP contribution is 2.46. The molecule has 5 nitrogen and oxygen atoms in total. The van der Waals surface area contributed by atoms with E-state index in [0.29, 0.717) is 19.0 Å². The number of hydrogen-bond acceptors (Lipinski definition) is 5. The molecule has 5 rings (SSSR count). The van der Waals surface area contributed by atoms with Crippen molar-refractivity contribution in [2.45, 2.75) is 31.7 Å². The number of morpholine rings is 1. The van der Waals surface area contributed by atoms with Gasteiger partial charge in [0, 0.05) is 28.6 Å². The van der Waals surface area contributed by atoms with Gasteiger partial charge in [-0.15, -0.1) is 11.3 Å². The number of thiophene rings is 1. The number of nitrogens with zero attached hydrogens (tertiary/aromatic N) is 1. The largest absolute Gasteiger partial charge is 0.459 e. The quantitative estimate of drug-likeness (QED) is 0.547. The molecule has 1 aliphatic carbocycles. The second-order valence-corrected chi connectivity index (χ2v) is 9.53. The Balaban J connectivity index is 1.62. The molecule has 1 saturated heterocycles. The van der Waals surface area contributed by atoms with Crippen LogP contribution in [0, 0.1) is 0 Å². The van der Waals surface area contributed by atoms with Gasteiger partial charge in [-0.25, -0.2) is 0 Å². The maximum atomic E-state index is 12.9. The SMILES string of the molecule is O=C(Nc1sc2c(c1C(c1cccc(Cl)c1)N1CCOCC1)CCCC2)c1ccco1. The third-order valence-corrected chi connectivity index (χ3v) is 7.49. The molecule has 1 fully saturated rings. The van der Waals surface area contributed by atoms with Crippen LogP contribution < -0.4 is 5.32 Å². The van der Waals surface area contributed by atoms with Gasteiger partial charge < -0.3 is 14.5 Å². The van der Waals surface area contributed by atoms with Gasteiger partial charge in [0.05, 0.1) is 25.5 Å². The van der Waals surface area contributed by atoms with Gasteiger partial charge in [-0.2, -0.15) is 0 Å². The highest BCUT2D eigenvalue weighted by Gasteiger charge is 2.33. The Hall–Kier alpha value is -2.12. The lowest BCUT2D eigenvalue weighted by Crippen LogP contribution is -2.40. The van der Waals surface area contributed by atoms with Crippen molar-refractivity contribution in [2.24, 2.45) is 0 Å². The fourth-order valence-corrected chi connectivity index (χ4v) is 6.13. The minimum atomic E-state index is -0.211. The number of rotatable bonds is 5. The highest BCUT2D eigenvalue weighted by molar-refractivity contribution is 7.16. The van der Waals surface area contributed by atoms with Gasteiger partial charge in [-0.1, -0.05) is 23.7 Å². The number of hydrogen-bond donors (Lipinski definition) is 1. The van der Waals surface area contributed by atoms with E-state index in [-0.39, 0.29) is 11.9 Å². The molecule has 0 radical (unpaired) electrons. The van der Waals surface area contributed by atoms with Crippen LogP contribution in [0.4, 0.5) is 5.00 Å². The Kier molecular flexibility index (Phi) is 6.14. The van der Waals surface area contributed by atoms with Crippen molar-refractivity contribution >= 4 is 33.8 Å². The number of fused-ring (bicyclic) bond motifs is 1. The first kappa shape index (κ1) is 20.8. The fourth-order valence-electron chi connectivity index (χ4n) is 4.62. The predicted molar refractivity (Wildman–Crippen MR) is 123 cm³/mol. The molecule has 0 spiro atoms. The van der Waals surface area contributed by atoms with Gasteiger partial charge in [0.15, 0.2) is 5.76 Å². The normalized spacial score (nSPS) is 17.8. The van der Waals surface area contributed by atoms with Crippen molar-refractivity contribution in [1.82, 2.24) is 4.90 Å². The number of nitrogens with one attached hydrogen (secondary N) is 1. The standard InChI is InChI=1S/C24H25ClN2O3S/c25-17-6-3-5-16(15-17)22(27-10-13-29-14-11-27)21-18-7-1-2-9-20(18)31-24(21)26-23(28)19-8-4-12-30-19/h3-6,8,12,15,22H,1-2,7,9-11,13-14H2,(H,26,28). The Morgan fingerprint density at radius 1 is 1.13 bits per heavy atom. The van der Waals surface area contributed by atoms with Crippen LogP contribution in [0.3, 0.4) is 0 Å². The second kappa shape index (κ2) is 9.17. The maximum absolute atomic E-state index is 12.9. The van der Waals surface area contributed by atoms with E-state index in [9.17, 15) is 4.79 Å². The first-order chi connectivity index (χ1) is 15.2. The van der Waals surface area contributed by atoms with Crippen molar-refractivity contribution < 1.29 is 13.9 Å². The van der Waals surface area contributed by atoms with E-state index < -0.39 is 0 Å². The van der Waals surface area contributed by atoms with Crippen LogP contribution in [0.5, 0.6) is 0 Å². The lowest BCUT2D eigenvalue weighted by atomic mass is 9.88. The first-order valence-corrected chi connectivity index (χ1v) is 12.0. The van der Waals surface area contributed by atoms with Crippen molar-refractivity contribution in [3.8, 4) is 0 Å². The summed E-state index contributed by atoms with van der Waals surface area (Å²) in [6, 6.07) is 11.5. The lowest BCUT2D eigenvalue weighted by molar-refractivity contribution is 0.0239. The summed E-state index contributed by atoms with van der Waals surface area (Å²) in [5.74, 6) is 0.111. The molecule has 3 aromatic rings. The molecule has 2 aliphatic rings. The molecule has 7 heteroatoms. The van der Waals surface area contributed by atoms with Gasteiger partial charge >= 0.3 is 0 Å². The van der Waals surface area contributed by atoms with Gasteiger partial charge in [-0.3, -0.25) is 9.69 Å². The molecule has 31 heavy (non-hydrogen) atoms. The minimum Gasteiger partial charge on any atom is -0.459 e. The second-order valence-electron chi connectivity index (χ2n) is 7.99. The van der Waals surface area contributed by atoms with Crippen molar-refractivity contribution in [1.29, 1.82) is 0 Å². The molecular weight excluding hydrogens is 432 g/mol. The maximum Gasteiger partial charge on any atom is 0.291 e. The van der Waals surface area contributed by atoms with Crippen molar-refractivity contribution in [2.75, 3.05) is 31.6 Å². The van der Waals surface area contributed by atoms with E-state index in [1.807, 2.05) is 18.2 Å². The molecule has 1 amide bonds. The van der Waals surface area contributed by atoms with E-state index in [1.54, 1.807) is 23.5 Å². The third kappa shape index (κ3) is 4.30. The first-order valence-electron chi connectivity index (χ1n) is 10.8. The van der Waals surface area contributed by atoms with Crippen LogP contribution in [0.1, 0.15) is 51.0 Å². The van der Waals surface area contributed by atoms with Crippen molar-refractivity contribution in [3.05, 3.63) is 75.0 Å². The van der Waals surface area contributed by atoms with Crippen LogP contribution in [-0.2, 0) is 17.6 Å². The van der Waals surface area contributed by atoms with E-state index >= 15 is 0 Å². The summed E-state index contributed by atoms with van der Waals surface area (Å²) >= 11 is 8.12. The van der Waals surface area contributed by atoms with E-state index in [1.165, 1.54) is 35.1 Å².